The number of aliphatic hydroxyl groups excluding tert-OH is 1. The van der Waals surface area contributed by atoms with Gasteiger partial charge < -0.3 is 15.8 Å². The Morgan fingerprint density at radius 2 is 1.88 bits per heavy atom. The minimum absolute atomic E-state index is 0.0422. The van der Waals surface area contributed by atoms with E-state index in [1.165, 1.54) is 11.1 Å². The molecular formula is C22H32N2O2. The van der Waals surface area contributed by atoms with Crippen LogP contribution in [-0.4, -0.2) is 28.0 Å². The maximum Gasteiger partial charge on any atom is 0.179 e. The molecule has 4 heteroatoms. The lowest BCUT2D eigenvalue weighted by Crippen LogP contribution is -2.40. The average Bonchev–Trinajstić information content (AvgIpc) is 2.99. The van der Waals surface area contributed by atoms with Gasteiger partial charge >= 0.3 is 0 Å². The van der Waals surface area contributed by atoms with Crippen LogP contribution in [0.15, 0.2) is 30.3 Å². The van der Waals surface area contributed by atoms with Crippen molar-refractivity contribution in [2.24, 2.45) is 5.73 Å². The molecule has 1 heterocycles. The van der Waals surface area contributed by atoms with Gasteiger partial charge in [0.1, 0.15) is 0 Å². The van der Waals surface area contributed by atoms with Gasteiger partial charge in [-0.15, -0.1) is 0 Å². The van der Waals surface area contributed by atoms with Crippen molar-refractivity contribution in [1.29, 1.82) is 0 Å². The molecule has 0 saturated carbocycles. The lowest BCUT2D eigenvalue weighted by atomic mass is 9.96. The molecule has 0 aliphatic heterocycles. The Kier molecular flexibility index (Phi) is 7.18. The summed E-state index contributed by atoms with van der Waals surface area (Å²) in [6, 6.07) is 10.4. The van der Waals surface area contributed by atoms with Crippen LogP contribution in [0.25, 0.3) is 0 Å². The molecule has 4 N–H and O–H groups in total. The van der Waals surface area contributed by atoms with Crippen molar-refractivity contribution in [3.63, 3.8) is 0 Å². The number of hydrogen-bond donors (Lipinski definition) is 3. The highest BCUT2D eigenvalue weighted by molar-refractivity contribution is 5.94. The SMILES string of the molecule is Cc1ccccc1CCCCC(=O)c1cc(C)c(CCC(C)(N)CO)[nH]1. The summed E-state index contributed by atoms with van der Waals surface area (Å²) in [5.74, 6) is 0.168. The number of hydrogen-bond acceptors (Lipinski definition) is 3. The van der Waals surface area contributed by atoms with Crippen molar-refractivity contribution in [2.45, 2.75) is 64.8 Å². The second-order valence-electron chi connectivity index (χ2n) is 7.71. The number of aliphatic hydroxyl groups is 1. The highest BCUT2D eigenvalue weighted by Crippen LogP contribution is 2.18. The first-order valence-electron chi connectivity index (χ1n) is 9.48. The standard InChI is InChI=1S/C22H32N2O2/c1-16-8-4-5-9-18(16)10-6-7-11-21(26)20-14-17(2)19(24-20)12-13-22(3,23)15-25/h4-5,8-9,14,24-25H,6-7,10-13,15,23H2,1-3H3. The minimum Gasteiger partial charge on any atom is -0.394 e. The molecule has 0 amide bonds. The number of aryl methyl sites for hydroxylation is 4. The van der Waals surface area contributed by atoms with E-state index in [9.17, 15) is 9.90 Å². The number of rotatable bonds is 10. The number of nitrogens with two attached hydrogens (primary N) is 1. The summed E-state index contributed by atoms with van der Waals surface area (Å²) in [4.78, 5) is 15.7. The van der Waals surface area contributed by atoms with Gasteiger partial charge in [-0.3, -0.25) is 4.79 Å². The fraction of sp³-hybridized carbons (Fsp3) is 0.500. The fourth-order valence-electron chi connectivity index (χ4n) is 3.13. The number of Topliss-reactive ketones (excluding diaryl/α,β-unsaturated/α-hetero) is 1. The zero-order valence-corrected chi connectivity index (χ0v) is 16.3. The Morgan fingerprint density at radius 1 is 1.15 bits per heavy atom. The third-order valence-electron chi connectivity index (χ3n) is 5.09. The van der Waals surface area contributed by atoms with Crippen molar-refractivity contribution in [3.05, 3.63) is 58.4 Å². The van der Waals surface area contributed by atoms with Crippen molar-refractivity contribution >= 4 is 5.78 Å². The zero-order valence-electron chi connectivity index (χ0n) is 16.3. The molecule has 0 fully saturated rings. The Bertz CT molecular complexity index is 731. The number of aromatic amines is 1. The largest absolute Gasteiger partial charge is 0.394 e. The normalized spacial score (nSPS) is 13.6. The van der Waals surface area contributed by atoms with E-state index in [1.54, 1.807) is 0 Å². The number of ketones is 1. The Labute approximate surface area is 156 Å². The molecule has 142 valence electrons. The molecule has 1 unspecified atom stereocenters. The van der Waals surface area contributed by atoms with Crippen LogP contribution in [0.2, 0.25) is 0 Å². The van der Waals surface area contributed by atoms with E-state index >= 15 is 0 Å². The summed E-state index contributed by atoms with van der Waals surface area (Å²) >= 11 is 0. The van der Waals surface area contributed by atoms with E-state index in [-0.39, 0.29) is 12.4 Å². The first-order valence-corrected chi connectivity index (χ1v) is 9.48. The highest BCUT2D eigenvalue weighted by atomic mass is 16.3. The molecule has 0 saturated heterocycles. The van der Waals surface area contributed by atoms with Gasteiger partial charge in [-0.2, -0.15) is 0 Å². The van der Waals surface area contributed by atoms with Crippen molar-refractivity contribution in [1.82, 2.24) is 4.98 Å². The maximum absolute atomic E-state index is 12.4. The third-order valence-corrected chi connectivity index (χ3v) is 5.09. The number of unbranched alkanes of at least 4 members (excludes halogenated alkanes) is 1. The molecule has 0 bridgehead atoms. The van der Waals surface area contributed by atoms with E-state index in [1.807, 2.05) is 19.9 Å². The van der Waals surface area contributed by atoms with Crippen LogP contribution in [0.4, 0.5) is 0 Å². The Morgan fingerprint density at radius 3 is 2.58 bits per heavy atom. The first-order chi connectivity index (χ1) is 12.3. The van der Waals surface area contributed by atoms with E-state index in [2.05, 4.69) is 36.2 Å². The number of H-pyrrole nitrogens is 1. The summed E-state index contributed by atoms with van der Waals surface area (Å²) < 4.78 is 0. The molecule has 2 aromatic rings. The first kappa shape index (κ1) is 20.4. The van der Waals surface area contributed by atoms with Gasteiger partial charge in [0, 0.05) is 17.7 Å². The zero-order chi connectivity index (χ0) is 19.2. The van der Waals surface area contributed by atoms with Crippen LogP contribution < -0.4 is 5.73 Å². The van der Waals surface area contributed by atoms with Crippen LogP contribution in [0.3, 0.4) is 0 Å². The van der Waals surface area contributed by atoms with Crippen molar-refractivity contribution in [2.75, 3.05) is 6.61 Å². The minimum atomic E-state index is -0.586. The van der Waals surface area contributed by atoms with E-state index < -0.39 is 5.54 Å². The van der Waals surface area contributed by atoms with Gasteiger partial charge in [0.25, 0.3) is 0 Å². The second-order valence-corrected chi connectivity index (χ2v) is 7.71. The molecule has 0 spiro atoms. The van der Waals surface area contributed by atoms with Crippen molar-refractivity contribution < 1.29 is 9.90 Å². The monoisotopic (exact) mass is 356 g/mol. The maximum atomic E-state index is 12.4. The van der Waals surface area contributed by atoms with Gasteiger partial charge in [0.05, 0.1) is 12.3 Å². The lowest BCUT2D eigenvalue weighted by Gasteiger charge is -2.21. The molecule has 2 rings (SSSR count). The fourth-order valence-corrected chi connectivity index (χ4v) is 3.13. The molecule has 1 aromatic carbocycles. The van der Waals surface area contributed by atoms with Crippen molar-refractivity contribution in [3.8, 4) is 0 Å². The van der Waals surface area contributed by atoms with E-state index in [0.717, 1.165) is 36.9 Å². The van der Waals surface area contributed by atoms with Crippen LogP contribution in [0.1, 0.15) is 65.5 Å². The Balaban J connectivity index is 1.82. The molecule has 4 nitrogen and oxygen atoms in total. The van der Waals surface area contributed by atoms with Gasteiger partial charge in [0.2, 0.25) is 0 Å². The molecule has 1 atom stereocenters. The third kappa shape index (κ3) is 5.82. The average molecular weight is 357 g/mol. The molecule has 26 heavy (non-hydrogen) atoms. The van der Waals surface area contributed by atoms with Crippen LogP contribution in [0, 0.1) is 13.8 Å². The van der Waals surface area contributed by atoms with Crippen LogP contribution in [0.5, 0.6) is 0 Å². The summed E-state index contributed by atoms with van der Waals surface area (Å²) in [5, 5.41) is 9.27. The van der Waals surface area contributed by atoms with Crippen LogP contribution >= 0.6 is 0 Å². The van der Waals surface area contributed by atoms with Gasteiger partial charge in [-0.1, -0.05) is 24.3 Å². The number of nitrogens with one attached hydrogen (secondary N) is 1. The number of carbonyl (C=O) groups is 1. The predicted molar refractivity (Wildman–Crippen MR) is 107 cm³/mol. The molecule has 0 aliphatic rings. The molecule has 1 aromatic heterocycles. The number of aromatic nitrogens is 1. The smallest absolute Gasteiger partial charge is 0.179 e. The van der Waals surface area contributed by atoms with E-state index in [0.29, 0.717) is 18.5 Å². The summed E-state index contributed by atoms with van der Waals surface area (Å²) in [6.45, 7) is 5.94. The summed E-state index contributed by atoms with van der Waals surface area (Å²) in [7, 11) is 0. The number of benzene rings is 1. The predicted octanol–water partition coefficient (Wildman–Crippen LogP) is 3.87. The molecule has 0 radical (unpaired) electrons. The Hall–Kier alpha value is -1.91. The van der Waals surface area contributed by atoms with Crippen LogP contribution in [-0.2, 0) is 12.8 Å². The van der Waals surface area contributed by atoms with Gasteiger partial charge in [0.15, 0.2) is 5.78 Å². The number of carbonyl (C=O) groups excluding carboxylic acids is 1. The summed E-state index contributed by atoms with van der Waals surface area (Å²) in [6.07, 6.45) is 4.91. The lowest BCUT2D eigenvalue weighted by molar-refractivity contribution is 0.0975. The van der Waals surface area contributed by atoms with E-state index in [4.69, 9.17) is 5.73 Å². The topological polar surface area (TPSA) is 79.1 Å². The quantitative estimate of drug-likeness (QED) is 0.447. The second kappa shape index (κ2) is 9.15. The van der Waals surface area contributed by atoms with Gasteiger partial charge in [-0.25, -0.2) is 0 Å². The molecule has 0 aliphatic carbocycles. The highest BCUT2D eigenvalue weighted by Gasteiger charge is 2.18. The molecular weight excluding hydrogens is 324 g/mol. The van der Waals surface area contributed by atoms with Gasteiger partial charge in [-0.05, 0) is 75.6 Å². The summed E-state index contributed by atoms with van der Waals surface area (Å²) in [5.41, 5.74) is 10.9.